The van der Waals surface area contributed by atoms with Gasteiger partial charge in [-0.15, -0.1) is 0 Å². The zero-order valence-corrected chi connectivity index (χ0v) is 20.8. The lowest BCUT2D eigenvalue weighted by Crippen LogP contribution is -2.22. The van der Waals surface area contributed by atoms with Gasteiger partial charge in [0.2, 0.25) is 0 Å². The molecule has 6 aromatic rings. The first kappa shape index (κ1) is 21.3. The van der Waals surface area contributed by atoms with E-state index in [1.54, 1.807) is 0 Å². The molecule has 6 aromatic carbocycles. The molecule has 0 aromatic heterocycles. The fourth-order valence-electron chi connectivity index (χ4n) is 5.85. The highest BCUT2D eigenvalue weighted by atomic mass is 31.1. The minimum absolute atomic E-state index is 0.227. The Morgan fingerprint density at radius 2 is 0.861 bits per heavy atom. The van der Waals surface area contributed by atoms with E-state index in [-0.39, 0.29) is 5.92 Å². The normalized spacial score (nSPS) is 12.6. The molecule has 0 unspecified atom stereocenters. The lowest BCUT2D eigenvalue weighted by atomic mass is 9.86. The van der Waals surface area contributed by atoms with E-state index < -0.39 is 7.92 Å². The Kier molecular flexibility index (Phi) is 5.27. The summed E-state index contributed by atoms with van der Waals surface area (Å²) in [5.74, 6) is 0.227. The summed E-state index contributed by atoms with van der Waals surface area (Å²) in [5.41, 5.74) is 6.94. The van der Waals surface area contributed by atoms with Crippen LogP contribution in [-0.2, 0) is 0 Å². The Morgan fingerprint density at radius 3 is 1.44 bits per heavy atom. The third kappa shape index (κ3) is 3.41. The molecule has 0 heterocycles. The van der Waals surface area contributed by atoms with Gasteiger partial charge in [0, 0.05) is 5.92 Å². The van der Waals surface area contributed by atoms with Crippen LogP contribution in [0.1, 0.15) is 22.6 Å². The highest BCUT2D eigenvalue weighted by Gasteiger charge is 2.31. The summed E-state index contributed by atoms with van der Waals surface area (Å²) in [5, 5.41) is 6.90. The molecule has 170 valence electrons. The summed E-state index contributed by atoms with van der Waals surface area (Å²) >= 11 is 0. The number of benzene rings is 6. The standard InChI is InChI=1S/C35H25P/c1-3-15-26(16-4-1)36(27-17-5-2-6-18-27)33-24-12-14-25-13-11-23-32(34(25)33)35-30-21-9-7-19-28(30)29-20-8-10-22-31(29)35/h1-24,35H. The van der Waals surface area contributed by atoms with Gasteiger partial charge in [-0.3, -0.25) is 0 Å². The topological polar surface area (TPSA) is 0 Å². The van der Waals surface area contributed by atoms with E-state index in [0.717, 1.165) is 0 Å². The van der Waals surface area contributed by atoms with Crippen LogP contribution in [0.5, 0.6) is 0 Å². The average molecular weight is 477 g/mol. The summed E-state index contributed by atoms with van der Waals surface area (Å²) in [6.07, 6.45) is 0. The maximum Gasteiger partial charge on any atom is 0.0358 e. The van der Waals surface area contributed by atoms with E-state index in [4.69, 9.17) is 0 Å². The van der Waals surface area contributed by atoms with Crippen LogP contribution in [0.2, 0.25) is 0 Å². The molecule has 1 heteroatoms. The summed E-state index contributed by atoms with van der Waals surface area (Å²) in [4.78, 5) is 0. The minimum atomic E-state index is -0.711. The highest BCUT2D eigenvalue weighted by Crippen LogP contribution is 2.50. The van der Waals surface area contributed by atoms with Crippen LogP contribution in [0, 0.1) is 0 Å². The van der Waals surface area contributed by atoms with Gasteiger partial charge in [-0.05, 0) is 62.4 Å². The predicted octanol–water partition coefficient (Wildman–Crippen LogP) is 7.76. The Hall–Kier alpha value is -3.99. The zero-order chi connectivity index (χ0) is 23.9. The van der Waals surface area contributed by atoms with E-state index >= 15 is 0 Å². The van der Waals surface area contributed by atoms with Gasteiger partial charge in [0.1, 0.15) is 0 Å². The average Bonchev–Trinajstić information content (AvgIpc) is 3.28. The van der Waals surface area contributed by atoms with Gasteiger partial charge in [0.25, 0.3) is 0 Å². The molecule has 0 fully saturated rings. The van der Waals surface area contributed by atoms with E-state index in [9.17, 15) is 0 Å². The summed E-state index contributed by atoms with van der Waals surface area (Å²) in [6, 6.07) is 53.7. The Labute approximate surface area is 213 Å². The van der Waals surface area contributed by atoms with Crippen molar-refractivity contribution in [3.05, 3.63) is 162 Å². The molecule has 7 rings (SSSR count). The molecular formula is C35H25P. The number of hydrogen-bond acceptors (Lipinski definition) is 0. The molecule has 1 aliphatic rings. The number of fused-ring (bicyclic) bond motifs is 4. The van der Waals surface area contributed by atoms with Gasteiger partial charge in [0.15, 0.2) is 0 Å². The third-order valence-electron chi connectivity index (χ3n) is 7.33. The van der Waals surface area contributed by atoms with Crippen molar-refractivity contribution in [2.45, 2.75) is 5.92 Å². The lowest BCUT2D eigenvalue weighted by Gasteiger charge is -2.24. The SMILES string of the molecule is c1ccc(P(c2ccccc2)c2cccc3cccc(C4c5ccccc5-c5ccccc54)c23)cc1. The first-order valence-corrected chi connectivity index (χ1v) is 13.8. The lowest BCUT2D eigenvalue weighted by molar-refractivity contribution is 1.03. The molecule has 0 saturated heterocycles. The zero-order valence-electron chi connectivity index (χ0n) is 19.9. The van der Waals surface area contributed by atoms with E-state index in [0.29, 0.717) is 0 Å². The van der Waals surface area contributed by atoms with Crippen molar-refractivity contribution in [3.63, 3.8) is 0 Å². The van der Waals surface area contributed by atoms with E-state index in [1.807, 2.05) is 0 Å². The van der Waals surface area contributed by atoms with Crippen LogP contribution in [0.15, 0.2) is 146 Å². The van der Waals surface area contributed by atoms with Gasteiger partial charge < -0.3 is 0 Å². The predicted molar refractivity (Wildman–Crippen MR) is 155 cm³/mol. The molecule has 0 N–H and O–H groups in total. The van der Waals surface area contributed by atoms with Gasteiger partial charge in [-0.1, -0.05) is 146 Å². The van der Waals surface area contributed by atoms with Crippen molar-refractivity contribution in [2.75, 3.05) is 0 Å². The number of hydrogen-bond donors (Lipinski definition) is 0. The first-order valence-electron chi connectivity index (χ1n) is 12.5. The largest absolute Gasteiger partial charge is 0.0622 e. The second kappa shape index (κ2) is 8.90. The Balaban J connectivity index is 1.54. The van der Waals surface area contributed by atoms with Crippen molar-refractivity contribution in [3.8, 4) is 11.1 Å². The van der Waals surface area contributed by atoms with Crippen LogP contribution in [0.3, 0.4) is 0 Å². The number of rotatable bonds is 4. The molecule has 0 amide bonds. The van der Waals surface area contributed by atoms with Crippen LogP contribution < -0.4 is 15.9 Å². The molecule has 0 aliphatic heterocycles. The molecule has 0 radical (unpaired) electrons. The fourth-order valence-corrected chi connectivity index (χ4v) is 8.36. The molecule has 1 aliphatic carbocycles. The minimum Gasteiger partial charge on any atom is -0.0622 e. The van der Waals surface area contributed by atoms with E-state index in [2.05, 4.69) is 146 Å². The van der Waals surface area contributed by atoms with Crippen LogP contribution >= 0.6 is 7.92 Å². The monoisotopic (exact) mass is 476 g/mol. The van der Waals surface area contributed by atoms with Gasteiger partial charge in [0.05, 0.1) is 0 Å². The summed E-state index contributed by atoms with van der Waals surface area (Å²) in [6.45, 7) is 0. The molecule has 0 spiro atoms. The quantitative estimate of drug-likeness (QED) is 0.228. The molecule has 0 nitrogen and oxygen atoms in total. The van der Waals surface area contributed by atoms with Crippen molar-refractivity contribution >= 4 is 34.6 Å². The molecule has 36 heavy (non-hydrogen) atoms. The Bertz CT molecular complexity index is 1560. The molecule has 0 atom stereocenters. The van der Waals surface area contributed by atoms with Crippen LogP contribution in [0.25, 0.3) is 21.9 Å². The molecule has 0 saturated carbocycles. The highest BCUT2D eigenvalue weighted by molar-refractivity contribution is 7.80. The maximum atomic E-state index is 2.37. The molecule has 0 bridgehead atoms. The maximum absolute atomic E-state index is 2.37. The van der Waals surface area contributed by atoms with Crippen LogP contribution in [-0.4, -0.2) is 0 Å². The molecular weight excluding hydrogens is 451 g/mol. The summed E-state index contributed by atoms with van der Waals surface area (Å²) < 4.78 is 0. The van der Waals surface area contributed by atoms with Gasteiger partial charge in [-0.25, -0.2) is 0 Å². The van der Waals surface area contributed by atoms with Crippen molar-refractivity contribution in [1.29, 1.82) is 0 Å². The first-order chi connectivity index (χ1) is 17.9. The van der Waals surface area contributed by atoms with Gasteiger partial charge in [-0.2, -0.15) is 0 Å². The summed E-state index contributed by atoms with van der Waals surface area (Å²) in [7, 11) is -0.711. The van der Waals surface area contributed by atoms with Crippen molar-refractivity contribution in [1.82, 2.24) is 0 Å². The van der Waals surface area contributed by atoms with Gasteiger partial charge >= 0.3 is 0 Å². The third-order valence-corrected chi connectivity index (χ3v) is 9.81. The van der Waals surface area contributed by atoms with Crippen LogP contribution in [0.4, 0.5) is 0 Å². The second-order valence-corrected chi connectivity index (χ2v) is 11.5. The Morgan fingerprint density at radius 1 is 0.389 bits per heavy atom. The van der Waals surface area contributed by atoms with Crippen molar-refractivity contribution < 1.29 is 0 Å². The smallest absolute Gasteiger partial charge is 0.0358 e. The van der Waals surface area contributed by atoms with Crippen molar-refractivity contribution in [2.24, 2.45) is 0 Å². The second-order valence-electron chi connectivity index (χ2n) is 9.34. The van der Waals surface area contributed by atoms with E-state index in [1.165, 1.54) is 54.5 Å². The fraction of sp³-hybridized carbons (Fsp3) is 0.0286.